The largest absolute Gasteiger partial charge is 0.374 e. The molecule has 5 heavy (non-hydrogen) atoms. The molecule has 1 aliphatic rings. The van der Waals surface area contributed by atoms with Gasteiger partial charge in [0.1, 0.15) is 0 Å². The summed E-state index contributed by atoms with van der Waals surface area (Å²) in [4.78, 5) is 0. The Labute approximate surface area is 35.7 Å². The van der Waals surface area contributed by atoms with E-state index in [2.05, 4.69) is 22.6 Å². The Bertz CT molecular complexity index is 85.1. The van der Waals surface area contributed by atoms with E-state index in [1.54, 1.807) is 0 Å². The van der Waals surface area contributed by atoms with Gasteiger partial charge in [0.15, 0.2) is 0 Å². The third-order valence-electron chi connectivity index (χ3n) is 0.477. The second-order valence-corrected chi connectivity index (χ2v) is 1.14. The van der Waals surface area contributed by atoms with Crippen LogP contribution < -0.4 is 5.32 Å². The Morgan fingerprint density at radius 2 is 2.60 bits per heavy atom. The van der Waals surface area contributed by atoms with Gasteiger partial charge in [-0.15, -0.1) is 0 Å². The molecule has 0 amide bonds. The zero-order chi connectivity index (χ0) is 3.70. The van der Waals surface area contributed by atoms with E-state index in [4.69, 9.17) is 0 Å². The van der Waals surface area contributed by atoms with Crippen LogP contribution in [0.2, 0.25) is 0 Å². The molecule has 1 aliphatic heterocycles. The van der Waals surface area contributed by atoms with Gasteiger partial charge in [-0.25, -0.2) is 0 Å². The van der Waals surface area contributed by atoms with Crippen molar-refractivity contribution in [2.45, 2.75) is 0 Å². The second-order valence-electron chi connectivity index (χ2n) is 0.934. The second kappa shape index (κ2) is 0.814. The maximum Gasteiger partial charge on any atom is 0.0851 e. The van der Waals surface area contributed by atoms with Crippen molar-refractivity contribution >= 4 is 17.2 Å². The molecule has 2 heteroatoms. The van der Waals surface area contributed by atoms with Crippen molar-refractivity contribution in [3.8, 4) is 0 Å². The lowest BCUT2D eigenvalue weighted by Gasteiger charge is -1.39. The van der Waals surface area contributed by atoms with Crippen LogP contribution in [0.25, 0.3) is 0 Å². The quantitative estimate of drug-likeness (QED) is 0.332. The Balaban J connectivity index is 2.80. The first kappa shape index (κ1) is 2.88. The highest BCUT2D eigenvalue weighted by atomic mass is 32.1. The maximum absolute atomic E-state index is 4.39. The minimum absolute atomic E-state index is 0.962. The van der Waals surface area contributed by atoms with E-state index in [9.17, 15) is 0 Å². The summed E-state index contributed by atoms with van der Waals surface area (Å²) in [6.45, 7) is 0.962. The number of hydrogen-bond donors (Lipinski definition) is 1. The minimum Gasteiger partial charge on any atom is -0.374 e. The van der Waals surface area contributed by atoms with Crippen molar-refractivity contribution in [2.75, 3.05) is 6.54 Å². The lowest BCUT2D eigenvalue weighted by molar-refractivity contribution is 1.38. The van der Waals surface area contributed by atoms with Gasteiger partial charge < -0.3 is 5.32 Å². The molecule has 1 nitrogen and oxygen atoms in total. The SMILES string of the molecule is S=C=C1CN1. The van der Waals surface area contributed by atoms with E-state index in [0.717, 1.165) is 12.2 Å². The topological polar surface area (TPSA) is 21.9 Å². The fraction of sp³-hybridized carbons (Fsp3) is 0.333. The smallest absolute Gasteiger partial charge is 0.0851 e. The lowest BCUT2D eigenvalue weighted by atomic mass is 10.8. The molecule has 1 saturated heterocycles. The third kappa shape index (κ3) is 0.469. The van der Waals surface area contributed by atoms with Crippen LogP contribution in [0.5, 0.6) is 0 Å². The third-order valence-corrected chi connectivity index (χ3v) is 0.723. The summed E-state index contributed by atoms with van der Waals surface area (Å²) in [7, 11) is 0. The first-order valence-electron chi connectivity index (χ1n) is 1.41. The molecule has 0 unspecified atom stereocenters. The fourth-order valence-corrected chi connectivity index (χ4v) is 0.261. The molecule has 26 valence electrons. The molecule has 0 aromatic rings. The van der Waals surface area contributed by atoms with Gasteiger partial charge in [0.05, 0.1) is 12.2 Å². The van der Waals surface area contributed by atoms with Gasteiger partial charge in [0.2, 0.25) is 0 Å². The summed E-state index contributed by atoms with van der Waals surface area (Å²) in [5, 5.41) is 5.41. The maximum atomic E-state index is 4.39. The number of thiocarbonyl (C=S) groups is 1. The summed E-state index contributed by atoms with van der Waals surface area (Å²) in [6, 6.07) is 0. The molecule has 0 aromatic carbocycles. The molecule has 0 spiro atoms. The number of rotatable bonds is 0. The van der Waals surface area contributed by atoms with Crippen LogP contribution >= 0.6 is 12.2 Å². The molecule has 1 N–H and O–H groups in total. The van der Waals surface area contributed by atoms with Gasteiger partial charge in [-0.05, 0) is 17.2 Å². The molecule has 0 aliphatic carbocycles. The van der Waals surface area contributed by atoms with Crippen molar-refractivity contribution in [1.82, 2.24) is 5.32 Å². The molecular weight excluding hydrogens is 82.1 g/mol. The van der Waals surface area contributed by atoms with Crippen LogP contribution in [0.15, 0.2) is 5.70 Å². The van der Waals surface area contributed by atoms with E-state index in [0.29, 0.717) is 0 Å². The monoisotopic (exact) mass is 85.0 g/mol. The van der Waals surface area contributed by atoms with Gasteiger partial charge >= 0.3 is 0 Å². The van der Waals surface area contributed by atoms with Gasteiger partial charge in [-0.1, -0.05) is 0 Å². The van der Waals surface area contributed by atoms with E-state index in [-0.39, 0.29) is 0 Å². The van der Waals surface area contributed by atoms with Crippen molar-refractivity contribution in [3.05, 3.63) is 5.70 Å². The normalized spacial score (nSPS) is 16.4. The molecule has 0 saturated carbocycles. The van der Waals surface area contributed by atoms with Crippen LogP contribution in [0.4, 0.5) is 0 Å². The average Bonchev–Trinajstić information content (AvgIpc) is 2.12. The van der Waals surface area contributed by atoms with E-state index in [1.807, 2.05) is 0 Å². The van der Waals surface area contributed by atoms with Crippen LogP contribution in [0.3, 0.4) is 0 Å². The zero-order valence-corrected chi connectivity index (χ0v) is 3.43. The first-order valence-corrected chi connectivity index (χ1v) is 1.82. The van der Waals surface area contributed by atoms with Gasteiger partial charge in [0, 0.05) is 0 Å². The first-order chi connectivity index (χ1) is 2.43. The Hall–Kier alpha value is -0.330. The number of hydrogen-bond acceptors (Lipinski definition) is 2. The molecule has 1 rings (SSSR count). The van der Waals surface area contributed by atoms with Crippen LogP contribution in [-0.4, -0.2) is 11.6 Å². The molecule has 0 radical (unpaired) electrons. The molecule has 1 heterocycles. The highest BCUT2D eigenvalue weighted by molar-refractivity contribution is 7.78. The van der Waals surface area contributed by atoms with Crippen LogP contribution in [-0.2, 0) is 0 Å². The molecular formula is C3H3NS. The zero-order valence-electron chi connectivity index (χ0n) is 2.62. The fourth-order valence-electron chi connectivity index (χ4n) is 0.116. The Morgan fingerprint density at radius 3 is 2.60 bits per heavy atom. The molecule has 0 atom stereocenters. The summed E-state index contributed by atoms with van der Waals surface area (Å²) in [5.41, 5.74) is 1.07. The Kier molecular flexibility index (Phi) is 0.469. The van der Waals surface area contributed by atoms with Crippen molar-refractivity contribution in [3.63, 3.8) is 0 Å². The summed E-state index contributed by atoms with van der Waals surface area (Å²) in [5.74, 6) is 0. The van der Waals surface area contributed by atoms with E-state index < -0.39 is 0 Å². The Morgan fingerprint density at radius 1 is 2.00 bits per heavy atom. The van der Waals surface area contributed by atoms with E-state index >= 15 is 0 Å². The van der Waals surface area contributed by atoms with Gasteiger partial charge in [0.25, 0.3) is 0 Å². The summed E-state index contributed by atoms with van der Waals surface area (Å²) in [6.07, 6.45) is 0. The standard InChI is InChI=1S/C3H3NS/c5-2-3-1-4-3/h4H,1H2. The van der Waals surface area contributed by atoms with Gasteiger partial charge in [-0.2, -0.15) is 0 Å². The van der Waals surface area contributed by atoms with Crippen LogP contribution in [0, 0.1) is 0 Å². The molecule has 1 fully saturated rings. The summed E-state index contributed by atoms with van der Waals surface area (Å²) >= 11 is 4.39. The highest BCUT2D eigenvalue weighted by Crippen LogP contribution is 1.91. The summed E-state index contributed by atoms with van der Waals surface area (Å²) < 4.78 is 0. The predicted molar refractivity (Wildman–Crippen MR) is 24.1 cm³/mol. The lowest BCUT2D eigenvalue weighted by Crippen LogP contribution is -1.58. The van der Waals surface area contributed by atoms with Crippen molar-refractivity contribution in [1.29, 1.82) is 0 Å². The molecule has 0 bridgehead atoms. The van der Waals surface area contributed by atoms with E-state index in [1.165, 1.54) is 0 Å². The average molecular weight is 85.1 g/mol. The minimum atomic E-state index is 0.962. The van der Waals surface area contributed by atoms with Crippen molar-refractivity contribution < 1.29 is 0 Å². The number of nitrogens with one attached hydrogen (secondary N) is 1. The predicted octanol–water partition coefficient (Wildman–Crippen LogP) is 0.0721. The van der Waals surface area contributed by atoms with Crippen LogP contribution in [0.1, 0.15) is 0 Å². The molecule has 0 aromatic heterocycles. The van der Waals surface area contributed by atoms with Crippen molar-refractivity contribution in [2.24, 2.45) is 0 Å². The van der Waals surface area contributed by atoms with Gasteiger partial charge in [-0.3, -0.25) is 0 Å². The highest BCUT2D eigenvalue weighted by Gasteiger charge is 2.05.